The average Bonchev–Trinajstić information content (AvgIpc) is 3.30. The molecule has 27 heavy (non-hydrogen) atoms. The number of amides is 3. The number of phenols is 1. The van der Waals surface area contributed by atoms with Crippen LogP contribution in [-0.2, 0) is 14.4 Å². The molecule has 0 radical (unpaired) electrons. The molecule has 2 fully saturated rings. The Balaban J connectivity index is 1.61. The Hall–Kier alpha value is -2.49. The van der Waals surface area contributed by atoms with E-state index in [0.29, 0.717) is 10.6 Å². The lowest BCUT2D eigenvalue weighted by atomic mass is 10.2. The van der Waals surface area contributed by atoms with Gasteiger partial charge in [0.05, 0.1) is 17.0 Å². The van der Waals surface area contributed by atoms with Gasteiger partial charge in [-0.15, -0.1) is 11.3 Å². The fourth-order valence-corrected chi connectivity index (χ4v) is 5.02. The number of imide groups is 1. The van der Waals surface area contributed by atoms with Gasteiger partial charge in [-0.3, -0.25) is 19.3 Å². The molecule has 136 valence electrons. The molecule has 2 aliphatic rings. The number of aromatic hydroxyl groups is 1. The molecule has 1 aromatic heterocycles. The van der Waals surface area contributed by atoms with E-state index in [9.17, 15) is 19.5 Å². The highest BCUT2D eigenvalue weighted by Gasteiger charge is 2.48. The first kappa shape index (κ1) is 17.9. The molecule has 1 N–H and O–H groups in total. The van der Waals surface area contributed by atoms with Gasteiger partial charge in [0.1, 0.15) is 16.1 Å². The van der Waals surface area contributed by atoms with Gasteiger partial charge in [0.2, 0.25) is 5.91 Å². The van der Waals surface area contributed by atoms with Gasteiger partial charge in [-0.05, 0) is 41.8 Å². The zero-order chi connectivity index (χ0) is 19.1. The summed E-state index contributed by atoms with van der Waals surface area (Å²) in [6, 6.07) is 8.57. The number of anilines is 1. The summed E-state index contributed by atoms with van der Waals surface area (Å²) < 4.78 is 0.265. The van der Waals surface area contributed by atoms with E-state index in [1.54, 1.807) is 6.08 Å². The number of thiophene rings is 1. The summed E-state index contributed by atoms with van der Waals surface area (Å²) in [6.45, 7) is 0. The molecule has 9 heteroatoms. The second-order valence-corrected chi connectivity index (χ2v) is 8.53. The highest BCUT2D eigenvalue weighted by molar-refractivity contribution is 8.26. The van der Waals surface area contributed by atoms with Crippen LogP contribution in [0.25, 0.3) is 6.08 Å². The van der Waals surface area contributed by atoms with Gasteiger partial charge in [0.15, 0.2) is 0 Å². The number of hydrogen-bond donors (Lipinski definition) is 1. The van der Waals surface area contributed by atoms with E-state index in [1.165, 1.54) is 40.5 Å². The van der Waals surface area contributed by atoms with Crippen LogP contribution in [0.15, 0.2) is 46.7 Å². The normalized spacial score (nSPS) is 21.8. The minimum atomic E-state index is -0.951. The van der Waals surface area contributed by atoms with Crippen LogP contribution >= 0.6 is 35.3 Å². The van der Waals surface area contributed by atoms with Gasteiger partial charge in [0.25, 0.3) is 11.8 Å². The van der Waals surface area contributed by atoms with Crippen LogP contribution in [0.2, 0.25) is 0 Å². The minimum absolute atomic E-state index is 0.0325. The molecule has 2 aliphatic heterocycles. The van der Waals surface area contributed by atoms with Crippen LogP contribution in [0, 0.1) is 0 Å². The summed E-state index contributed by atoms with van der Waals surface area (Å²) in [4.78, 5) is 41.7. The Morgan fingerprint density at radius 3 is 2.56 bits per heavy atom. The van der Waals surface area contributed by atoms with Crippen molar-refractivity contribution in [3.8, 4) is 5.75 Å². The van der Waals surface area contributed by atoms with Crippen LogP contribution < -0.4 is 4.90 Å². The zero-order valence-electron chi connectivity index (χ0n) is 13.7. The Morgan fingerprint density at radius 1 is 1.15 bits per heavy atom. The Bertz CT molecular complexity index is 983. The Kier molecular flexibility index (Phi) is 4.58. The summed E-state index contributed by atoms with van der Waals surface area (Å²) in [5.74, 6) is -1.24. The first-order chi connectivity index (χ1) is 13.0. The number of benzene rings is 1. The molecule has 3 heterocycles. The maximum atomic E-state index is 12.9. The number of carbonyl (C=O) groups excluding carboxylic acids is 3. The summed E-state index contributed by atoms with van der Waals surface area (Å²) in [7, 11) is 0. The van der Waals surface area contributed by atoms with Crippen molar-refractivity contribution < 1.29 is 19.5 Å². The number of nitrogens with zero attached hydrogens (tertiary/aromatic N) is 2. The van der Waals surface area contributed by atoms with E-state index in [2.05, 4.69) is 0 Å². The predicted octanol–water partition coefficient (Wildman–Crippen LogP) is 2.99. The number of rotatable bonds is 3. The predicted molar refractivity (Wildman–Crippen MR) is 108 cm³/mol. The number of carbonyl (C=O) groups is 3. The number of phenolic OH excluding ortho intramolecular Hbond substituents is 1. The minimum Gasteiger partial charge on any atom is -0.508 e. The van der Waals surface area contributed by atoms with E-state index >= 15 is 0 Å². The van der Waals surface area contributed by atoms with Gasteiger partial charge in [-0.25, -0.2) is 4.90 Å². The third-order valence-electron chi connectivity index (χ3n) is 4.18. The molecule has 4 rings (SSSR count). The molecule has 2 saturated heterocycles. The molecule has 0 saturated carbocycles. The van der Waals surface area contributed by atoms with Crippen LogP contribution in [0.4, 0.5) is 5.69 Å². The van der Waals surface area contributed by atoms with E-state index in [-0.39, 0.29) is 22.4 Å². The molecule has 2 aromatic rings. The van der Waals surface area contributed by atoms with Gasteiger partial charge < -0.3 is 5.11 Å². The lowest BCUT2D eigenvalue weighted by Gasteiger charge is -2.21. The van der Waals surface area contributed by atoms with Gasteiger partial charge in [-0.2, -0.15) is 0 Å². The molecule has 1 atom stereocenters. The van der Waals surface area contributed by atoms with Crippen molar-refractivity contribution in [3.63, 3.8) is 0 Å². The Labute approximate surface area is 168 Å². The molecule has 6 nitrogen and oxygen atoms in total. The van der Waals surface area contributed by atoms with E-state index < -0.39 is 17.9 Å². The SMILES string of the molecule is O=C1CC(N2C(=O)/C(=C\c3cccs3)SC2=S)C(=O)N1c1ccc(O)cc1. The highest BCUT2D eigenvalue weighted by atomic mass is 32.2. The standard InChI is InChI=1S/C18H12N2O4S3/c21-11-5-3-10(4-6-11)19-15(22)9-13(16(19)23)20-17(24)14(27-18(20)25)8-12-2-1-7-26-12/h1-8,13,21H,9H2/b14-8+. The summed E-state index contributed by atoms with van der Waals surface area (Å²) in [5, 5.41) is 11.3. The van der Waals surface area contributed by atoms with Crippen molar-refractivity contribution in [1.82, 2.24) is 4.90 Å². The van der Waals surface area contributed by atoms with Gasteiger partial charge >= 0.3 is 0 Å². The monoisotopic (exact) mass is 416 g/mol. The quantitative estimate of drug-likeness (QED) is 0.471. The van der Waals surface area contributed by atoms with Crippen molar-refractivity contribution in [3.05, 3.63) is 51.6 Å². The fraction of sp³-hybridized carbons (Fsp3) is 0.111. The second-order valence-electron chi connectivity index (χ2n) is 5.87. The number of thiocarbonyl (C=S) groups is 1. The fourth-order valence-electron chi connectivity index (χ4n) is 2.94. The maximum Gasteiger partial charge on any atom is 0.266 e. The summed E-state index contributed by atoms with van der Waals surface area (Å²) in [6.07, 6.45) is 1.61. The Morgan fingerprint density at radius 2 is 1.89 bits per heavy atom. The summed E-state index contributed by atoms with van der Waals surface area (Å²) >= 11 is 7.93. The number of hydrogen-bond acceptors (Lipinski definition) is 7. The van der Waals surface area contributed by atoms with Gasteiger partial charge in [-0.1, -0.05) is 30.0 Å². The third-order valence-corrected chi connectivity index (χ3v) is 6.33. The topological polar surface area (TPSA) is 77.9 Å². The van der Waals surface area contributed by atoms with Crippen LogP contribution in [-0.4, -0.2) is 38.1 Å². The van der Waals surface area contributed by atoms with Crippen LogP contribution in [0.3, 0.4) is 0 Å². The van der Waals surface area contributed by atoms with Crippen molar-refractivity contribution >= 4 is 69.1 Å². The largest absolute Gasteiger partial charge is 0.508 e. The van der Waals surface area contributed by atoms with Crippen molar-refractivity contribution in [1.29, 1.82) is 0 Å². The molecule has 0 aliphatic carbocycles. The second kappa shape index (κ2) is 6.91. The molecule has 1 unspecified atom stereocenters. The lowest BCUT2D eigenvalue weighted by molar-refractivity contribution is -0.129. The van der Waals surface area contributed by atoms with E-state index in [1.807, 2.05) is 17.5 Å². The van der Waals surface area contributed by atoms with E-state index in [0.717, 1.165) is 21.5 Å². The van der Waals surface area contributed by atoms with Crippen molar-refractivity contribution in [2.75, 3.05) is 4.90 Å². The molecule has 0 spiro atoms. The smallest absolute Gasteiger partial charge is 0.266 e. The zero-order valence-corrected chi connectivity index (χ0v) is 16.1. The molecule has 3 amide bonds. The van der Waals surface area contributed by atoms with Crippen molar-refractivity contribution in [2.45, 2.75) is 12.5 Å². The third kappa shape index (κ3) is 3.18. The number of thioether (sulfide) groups is 1. The molecule has 1 aromatic carbocycles. The summed E-state index contributed by atoms with van der Waals surface area (Å²) in [5.41, 5.74) is 0.352. The highest BCUT2D eigenvalue weighted by Crippen LogP contribution is 2.37. The van der Waals surface area contributed by atoms with Crippen molar-refractivity contribution in [2.24, 2.45) is 0 Å². The molecular weight excluding hydrogens is 404 g/mol. The van der Waals surface area contributed by atoms with Crippen LogP contribution in [0.1, 0.15) is 11.3 Å². The first-order valence-electron chi connectivity index (χ1n) is 7.92. The molecular formula is C18H12N2O4S3. The van der Waals surface area contributed by atoms with E-state index in [4.69, 9.17) is 12.2 Å². The maximum absolute atomic E-state index is 12.9. The lowest BCUT2D eigenvalue weighted by Crippen LogP contribution is -2.44. The average molecular weight is 417 g/mol. The molecule has 0 bridgehead atoms. The van der Waals surface area contributed by atoms with Gasteiger partial charge in [0, 0.05) is 4.88 Å². The first-order valence-corrected chi connectivity index (χ1v) is 10.0. The van der Waals surface area contributed by atoms with Crippen LogP contribution in [0.5, 0.6) is 5.75 Å².